The smallest absolute Gasteiger partial charge is 0.117 e. The number of nitrogens with two attached hydrogens (primary N) is 1. The molecule has 1 aliphatic rings. The first-order valence-corrected chi connectivity index (χ1v) is 5.02. The molecule has 0 aromatic heterocycles. The van der Waals surface area contributed by atoms with E-state index in [0.717, 1.165) is 17.9 Å². The molecular formula is C13H14NO. The van der Waals surface area contributed by atoms with E-state index in [4.69, 9.17) is 10.5 Å². The normalized spacial score (nSPS) is 15.5. The molecule has 2 rings (SSSR count). The van der Waals surface area contributed by atoms with Crippen molar-refractivity contribution >= 4 is 0 Å². The summed E-state index contributed by atoms with van der Waals surface area (Å²) in [4.78, 5) is 0. The average Bonchev–Trinajstić information content (AvgIpc) is 2.28. The van der Waals surface area contributed by atoms with Gasteiger partial charge in [-0.25, -0.2) is 0 Å². The Labute approximate surface area is 90.1 Å². The van der Waals surface area contributed by atoms with E-state index in [-0.39, 0.29) is 0 Å². The summed E-state index contributed by atoms with van der Waals surface area (Å²) in [6, 6.07) is 10.1. The van der Waals surface area contributed by atoms with E-state index in [2.05, 4.69) is 0 Å². The molecule has 0 atom stereocenters. The highest BCUT2D eigenvalue weighted by Gasteiger charge is 2.03. The van der Waals surface area contributed by atoms with Crippen LogP contribution in [0.2, 0.25) is 0 Å². The van der Waals surface area contributed by atoms with E-state index in [1.165, 1.54) is 5.56 Å². The van der Waals surface area contributed by atoms with Crippen LogP contribution in [0.1, 0.15) is 12.0 Å². The summed E-state index contributed by atoms with van der Waals surface area (Å²) >= 11 is 0. The van der Waals surface area contributed by atoms with Gasteiger partial charge in [-0.3, -0.25) is 0 Å². The van der Waals surface area contributed by atoms with Crippen molar-refractivity contribution in [2.45, 2.75) is 13.0 Å². The molecule has 0 aliphatic heterocycles. The van der Waals surface area contributed by atoms with E-state index >= 15 is 0 Å². The second-order valence-corrected chi connectivity index (χ2v) is 3.46. The summed E-state index contributed by atoms with van der Waals surface area (Å²) in [5.74, 6) is 0.860. The van der Waals surface area contributed by atoms with Gasteiger partial charge < -0.3 is 10.5 Å². The van der Waals surface area contributed by atoms with Gasteiger partial charge in [0.1, 0.15) is 12.4 Å². The second-order valence-electron chi connectivity index (χ2n) is 3.46. The van der Waals surface area contributed by atoms with Crippen molar-refractivity contribution in [1.82, 2.24) is 0 Å². The molecule has 77 valence electrons. The molecule has 2 nitrogen and oxygen atoms in total. The lowest BCUT2D eigenvalue weighted by atomic mass is 10.1. The predicted molar refractivity (Wildman–Crippen MR) is 60.5 cm³/mol. The van der Waals surface area contributed by atoms with E-state index in [1.54, 1.807) is 0 Å². The van der Waals surface area contributed by atoms with Crippen molar-refractivity contribution in [3.63, 3.8) is 0 Å². The topological polar surface area (TPSA) is 35.2 Å². The fourth-order valence-corrected chi connectivity index (χ4v) is 1.43. The molecule has 0 bridgehead atoms. The van der Waals surface area contributed by atoms with Crippen LogP contribution in [0, 0.1) is 6.42 Å². The summed E-state index contributed by atoms with van der Waals surface area (Å²) in [6.45, 7) is 0.594. The van der Waals surface area contributed by atoms with Gasteiger partial charge in [-0.15, -0.1) is 0 Å². The quantitative estimate of drug-likeness (QED) is 0.813. The van der Waals surface area contributed by atoms with Gasteiger partial charge in [0.25, 0.3) is 0 Å². The zero-order valence-electron chi connectivity index (χ0n) is 8.52. The Balaban J connectivity index is 1.92. The van der Waals surface area contributed by atoms with Gasteiger partial charge in [0.2, 0.25) is 0 Å². The van der Waals surface area contributed by atoms with Gasteiger partial charge in [-0.1, -0.05) is 30.3 Å². The lowest BCUT2D eigenvalue weighted by Gasteiger charge is -2.12. The molecule has 0 heterocycles. The number of hydrogen-bond acceptors (Lipinski definition) is 2. The highest BCUT2D eigenvalue weighted by atomic mass is 16.5. The lowest BCUT2D eigenvalue weighted by Crippen LogP contribution is -2.04. The van der Waals surface area contributed by atoms with Gasteiger partial charge in [0.05, 0.1) is 0 Å². The standard InChI is InChI=1S/C13H14NO/c14-12-7-4-8-13(9-12)15-10-11-5-2-1-3-6-11/h1-3,5-9H,4,10,14H2. The molecule has 15 heavy (non-hydrogen) atoms. The van der Waals surface area contributed by atoms with Crippen LogP contribution in [0.3, 0.4) is 0 Å². The van der Waals surface area contributed by atoms with E-state index in [9.17, 15) is 0 Å². The van der Waals surface area contributed by atoms with Gasteiger partial charge in [-0.2, -0.15) is 0 Å². The van der Waals surface area contributed by atoms with Crippen molar-refractivity contribution in [2.24, 2.45) is 5.73 Å². The Kier molecular flexibility index (Phi) is 3.08. The third kappa shape index (κ3) is 2.88. The maximum Gasteiger partial charge on any atom is 0.117 e. The Bertz CT molecular complexity index is 379. The highest BCUT2D eigenvalue weighted by Crippen LogP contribution is 2.15. The van der Waals surface area contributed by atoms with Gasteiger partial charge in [-0.05, 0) is 24.1 Å². The zero-order valence-corrected chi connectivity index (χ0v) is 8.52. The highest BCUT2D eigenvalue weighted by molar-refractivity contribution is 5.28. The van der Waals surface area contributed by atoms with Crippen molar-refractivity contribution in [3.8, 4) is 0 Å². The van der Waals surface area contributed by atoms with Crippen LogP contribution < -0.4 is 5.73 Å². The molecule has 0 amide bonds. The Morgan fingerprint density at radius 1 is 1.20 bits per heavy atom. The van der Waals surface area contributed by atoms with Crippen LogP contribution in [0.15, 0.2) is 53.9 Å². The lowest BCUT2D eigenvalue weighted by molar-refractivity contribution is 0.209. The van der Waals surface area contributed by atoms with Crippen LogP contribution in [-0.2, 0) is 11.3 Å². The van der Waals surface area contributed by atoms with Crippen molar-refractivity contribution in [3.05, 3.63) is 65.9 Å². The fourth-order valence-electron chi connectivity index (χ4n) is 1.43. The molecular weight excluding hydrogens is 186 g/mol. The third-order valence-corrected chi connectivity index (χ3v) is 2.23. The Morgan fingerprint density at radius 2 is 2.00 bits per heavy atom. The van der Waals surface area contributed by atoms with Crippen LogP contribution >= 0.6 is 0 Å². The first-order chi connectivity index (χ1) is 7.34. The van der Waals surface area contributed by atoms with Crippen LogP contribution in [0.4, 0.5) is 0 Å². The summed E-state index contributed by atoms with van der Waals surface area (Å²) < 4.78 is 5.62. The van der Waals surface area contributed by atoms with Crippen molar-refractivity contribution < 1.29 is 4.74 Å². The molecule has 0 spiro atoms. The second kappa shape index (κ2) is 4.69. The first kappa shape index (κ1) is 9.84. The summed E-state index contributed by atoms with van der Waals surface area (Å²) in [5.41, 5.74) is 7.62. The van der Waals surface area contributed by atoms with Crippen molar-refractivity contribution in [2.75, 3.05) is 0 Å². The molecule has 1 aromatic rings. The fraction of sp³-hybridized carbons (Fsp3) is 0.154. The zero-order chi connectivity index (χ0) is 10.5. The summed E-state index contributed by atoms with van der Waals surface area (Å²) in [5, 5.41) is 0. The number of rotatable bonds is 3. The van der Waals surface area contributed by atoms with E-state index < -0.39 is 0 Å². The Morgan fingerprint density at radius 3 is 2.73 bits per heavy atom. The molecule has 2 N–H and O–H groups in total. The monoisotopic (exact) mass is 200 g/mol. The number of allylic oxidation sites excluding steroid dienone is 3. The van der Waals surface area contributed by atoms with Gasteiger partial charge in [0.15, 0.2) is 0 Å². The van der Waals surface area contributed by atoms with Crippen LogP contribution in [-0.4, -0.2) is 0 Å². The summed E-state index contributed by atoms with van der Waals surface area (Å²) in [6.07, 6.45) is 6.70. The SMILES string of the molecule is NC1=CC(OCc2ccccc2)=CC[CH]1. The third-order valence-electron chi connectivity index (χ3n) is 2.23. The molecule has 0 unspecified atom stereocenters. The van der Waals surface area contributed by atoms with Crippen molar-refractivity contribution in [1.29, 1.82) is 0 Å². The minimum atomic E-state index is 0.594. The molecule has 2 heteroatoms. The van der Waals surface area contributed by atoms with Crippen LogP contribution in [0.25, 0.3) is 0 Å². The average molecular weight is 200 g/mol. The van der Waals surface area contributed by atoms with Gasteiger partial charge >= 0.3 is 0 Å². The minimum absolute atomic E-state index is 0.594. The molecule has 1 aromatic carbocycles. The number of hydrogen-bond donors (Lipinski definition) is 1. The number of ether oxygens (including phenoxy) is 1. The maximum absolute atomic E-state index is 5.68. The van der Waals surface area contributed by atoms with Crippen LogP contribution in [0.5, 0.6) is 0 Å². The van der Waals surface area contributed by atoms with E-state index in [1.807, 2.05) is 48.9 Å². The molecule has 1 aliphatic carbocycles. The minimum Gasteiger partial charge on any atom is -0.489 e. The Hall–Kier alpha value is -1.70. The maximum atomic E-state index is 5.68. The molecule has 0 fully saturated rings. The molecule has 0 saturated heterocycles. The van der Waals surface area contributed by atoms with E-state index in [0.29, 0.717) is 6.61 Å². The predicted octanol–water partition coefficient (Wildman–Crippen LogP) is 2.54. The number of benzene rings is 1. The molecule has 1 radical (unpaired) electrons. The van der Waals surface area contributed by atoms with Gasteiger partial charge in [0, 0.05) is 12.1 Å². The largest absolute Gasteiger partial charge is 0.489 e. The first-order valence-electron chi connectivity index (χ1n) is 5.02. The molecule has 0 saturated carbocycles. The summed E-state index contributed by atoms with van der Waals surface area (Å²) in [7, 11) is 0.